The van der Waals surface area contributed by atoms with Crippen LogP contribution in [0.15, 0.2) is 35.3 Å². The largest absolute Gasteiger partial charge is 0.358 e. The van der Waals surface area contributed by atoms with Gasteiger partial charge < -0.3 is 9.80 Å². The van der Waals surface area contributed by atoms with Crippen LogP contribution >= 0.6 is 0 Å². The van der Waals surface area contributed by atoms with Gasteiger partial charge in [0.05, 0.1) is 18.2 Å². The van der Waals surface area contributed by atoms with Crippen molar-refractivity contribution in [3.8, 4) is 12.1 Å². The van der Waals surface area contributed by atoms with Crippen molar-refractivity contribution in [2.24, 2.45) is 10.9 Å². The Balaban J connectivity index is 1.35. The molecule has 3 heterocycles. The highest BCUT2D eigenvalue weighted by Crippen LogP contribution is 2.24. The van der Waals surface area contributed by atoms with E-state index in [4.69, 9.17) is 4.99 Å². The molecular weight excluding hydrogens is 396 g/mol. The summed E-state index contributed by atoms with van der Waals surface area (Å²) in [4.78, 5) is 12.4. The van der Waals surface area contributed by atoms with E-state index < -0.39 is 5.92 Å². The molecule has 0 saturated carbocycles. The van der Waals surface area contributed by atoms with Crippen LogP contribution in [-0.4, -0.2) is 71.9 Å². The van der Waals surface area contributed by atoms with Crippen LogP contribution in [0, 0.1) is 28.6 Å². The van der Waals surface area contributed by atoms with Crippen molar-refractivity contribution in [3.63, 3.8) is 0 Å². The molecule has 6 heteroatoms. The number of hydrogen-bond donors (Lipinski definition) is 0. The molecule has 3 aliphatic rings. The first-order valence-corrected chi connectivity index (χ1v) is 12.4. The second kappa shape index (κ2) is 11.5. The minimum Gasteiger partial charge on any atom is -0.358 e. The minimum atomic E-state index is -0.760. The van der Waals surface area contributed by atoms with Crippen molar-refractivity contribution in [2.45, 2.75) is 63.6 Å². The summed E-state index contributed by atoms with van der Waals surface area (Å²) in [7, 11) is 0. The zero-order chi connectivity index (χ0) is 22.2. The van der Waals surface area contributed by atoms with Crippen molar-refractivity contribution in [1.82, 2.24) is 14.7 Å². The number of nitrogens with zero attached hydrogens (tertiary/aromatic N) is 6. The molecule has 0 bridgehead atoms. The smallest absolute Gasteiger partial charge is 0.189 e. The van der Waals surface area contributed by atoms with Crippen molar-refractivity contribution >= 4 is 5.84 Å². The maximum absolute atomic E-state index is 9.62. The molecular formula is C26H36N6. The second-order valence-electron chi connectivity index (χ2n) is 9.49. The quantitative estimate of drug-likeness (QED) is 0.525. The Labute approximate surface area is 193 Å². The SMILES string of the molecule is N#CC(C#N)C(=NC1CCN(Cc2ccccc2)CC1)N1CCC(N2CCCCC2)CC1. The molecule has 0 spiro atoms. The Kier molecular flexibility index (Phi) is 8.15. The fourth-order valence-corrected chi connectivity index (χ4v) is 5.46. The third-order valence-corrected chi connectivity index (χ3v) is 7.33. The van der Waals surface area contributed by atoms with E-state index in [2.05, 4.69) is 57.2 Å². The van der Waals surface area contributed by atoms with E-state index in [0.29, 0.717) is 6.04 Å². The molecule has 1 aromatic carbocycles. The van der Waals surface area contributed by atoms with Crippen LogP contribution in [0.4, 0.5) is 0 Å². The highest BCUT2D eigenvalue weighted by atomic mass is 15.2. The van der Waals surface area contributed by atoms with Gasteiger partial charge in [0.1, 0.15) is 5.84 Å². The standard InChI is InChI=1S/C26H36N6/c27-19-23(20-28)26(32-17-11-25(12-18-32)31-13-5-2-6-14-31)29-24-9-15-30(16-10-24)21-22-7-3-1-4-8-22/h1,3-4,7-8,23-25H,2,5-6,9-18,21H2. The first kappa shape index (κ1) is 22.8. The monoisotopic (exact) mass is 432 g/mol. The van der Waals surface area contributed by atoms with Gasteiger partial charge in [-0.2, -0.15) is 10.5 Å². The molecule has 0 aliphatic carbocycles. The van der Waals surface area contributed by atoms with Gasteiger partial charge in [-0.05, 0) is 57.2 Å². The maximum Gasteiger partial charge on any atom is 0.189 e. The van der Waals surface area contributed by atoms with Gasteiger partial charge in [0.25, 0.3) is 0 Å². The fraction of sp³-hybridized carbons (Fsp3) is 0.654. The minimum absolute atomic E-state index is 0.209. The van der Waals surface area contributed by atoms with Gasteiger partial charge in [0.15, 0.2) is 5.92 Å². The predicted octanol–water partition coefficient (Wildman–Crippen LogP) is 3.66. The molecule has 170 valence electrons. The lowest BCUT2D eigenvalue weighted by molar-refractivity contribution is 0.114. The van der Waals surface area contributed by atoms with Crippen molar-refractivity contribution in [1.29, 1.82) is 10.5 Å². The van der Waals surface area contributed by atoms with Gasteiger partial charge in [-0.15, -0.1) is 0 Å². The normalized spacial score (nSPS) is 22.6. The van der Waals surface area contributed by atoms with Crippen molar-refractivity contribution < 1.29 is 0 Å². The van der Waals surface area contributed by atoms with E-state index >= 15 is 0 Å². The van der Waals surface area contributed by atoms with Crippen LogP contribution in [0.3, 0.4) is 0 Å². The number of amidine groups is 1. The molecule has 3 aliphatic heterocycles. The topological polar surface area (TPSA) is 69.7 Å². The number of piperidine rings is 3. The summed E-state index contributed by atoms with van der Waals surface area (Å²) in [6.45, 7) is 7.28. The molecule has 1 aromatic rings. The maximum atomic E-state index is 9.62. The van der Waals surface area contributed by atoms with Crippen LogP contribution in [0.5, 0.6) is 0 Å². The van der Waals surface area contributed by atoms with Gasteiger partial charge in [0.2, 0.25) is 0 Å². The molecule has 0 unspecified atom stereocenters. The van der Waals surface area contributed by atoms with Gasteiger partial charge in [0, 0.05) is 38.8 Å². The molecule has 32 heavy (non-hydrogen) atoms. The van der Waals surface area contributed by atoms with Gasteiger partial charge in [-0.1, -0.05) is 36.8 Å². The average Bonchev–Trinajstić information content (AvgIpc) is 2.86. The van der Waals surface area contributed by atoms with Gasteiger partial charge in [-0.3, -0.25) is 9.89 Å². The lowest BCUT2D eigenvalue weighted by Crippen LogP contribution is -2.49. The fourth-order valence-electron chi connectivity index (χ4n) is 5.46. The third-order valence-electron chi connectivity index (χ3n) is 7.33. The summed E-state index contributed by atoms with van der Waals surface area (Å²) >= 11 is 0. The molecule has 0 aromatic heterocycles. The molecule has 0 atom stereocenters. The van der Waals surface area contributed by atoms with Gasteiger partial charge in [-0.25, -0.2) is 0 Å². The highest BCUT2D eigenvalue weighted by molar-refractivity contribution is 5.89. The van der Waals surface area contributed by atoms with E-state index in [0.717, 1.165) is 64.2 Å². The molecule has 0 radical (unpaired) electrons. The van der Waals surface area contributed by atoms with Crippen LogP contribution in [0.25, 0.3) is 0 Å². The summed E-state index contributed by atoms with van der Waals surface area (Å²) in [5.41, 5.74) is 1.35. The third kappa shape index (κ3) is 5.88. The second-order valence-corrected chi connectivity index (χ2v) is 9.49. The van der Waals surface area contributed by atoms with E-state index in [-0.39, 0.29) is 6.04 Å². The summed E-state index contributed by atoms with van der Waals surface area (Å²) in [5, 5.41) is 19.2. The number of aliphatic imine (C=N–C) groups is 1. The molecule has 4 rings (SSSR count). The highest BCUT2D eigenvalue weighted by Gasteiger charge is 2.31. The summed E-state index contributed by atoms with van der Waals surface area (Å²) in [6.07, 6.45) is 8.20. The van der Waals surface area contributed by atoms with Crippen molar-refractivity contribution in [2.75, 3.05) is 39.3 Å². The first-order valence-electron chi connectivity index (χ1n) is 12.4. The Morgan fingerprint density at radius 2 is 1.53 bits per heavy atom. The lowest BCUT2D eigenvalue weighted by Gasteiger charge is -2.41. The number of benzene rings is 1. The number of hydrogen-bond acceptors (Lipinski definition) is 5. The Morgan fingerprint density at radius 3 is 2.16 bits per heavy atom. The van der Waals surface area contributed by atoms with Crippen molar-refractivity contribution in [3.05, 3.63) is 35.9 Å². The molecule has 3 fully saturated rings. The zero-order valence-corrected chi connectivity index (χ0v) is 19.2. The Hall–Kier alpha value is -2.41. The number of rotatable bonds is 5. The van der Waals surface area contributed by atoms with Crippen LogP contribution < -0.4 is 0 Å². The number of nitriles is 2. The van der Waals surface area contributed by atoms with E-state index in [1.165, 1.54) is 37.9 Å². The average molecular weight is 433 g/mol. The van der Waals surface area contributed by atoms with Gasteiger partial charge >= 0.3 is 0 Å². The summed E-state index contributed by atoms with van der Waals surface area (Å²) in [6, 6.07) is 15.9. The molecule has 3 saturated heterocycles. The number of likely N-dealkylation sites (tertiary alicyclic amines) is 3. The van der Waals surface area contributed by atoms with Crippen LogP contribution in [-0.2, 0) is 6.54 Å². The first-order chi connectivity index (χ1) is 15.8. The molecule has 6 nitrogen and oxygen atoms in total. The van der Waals surface area contributed by atoms with Crippen LogP contribution in [0.2, 0.25) is 0 Å². The van der Waals surface area contributed by atoms with E-state index in [1.807, 2.05) is 0 Å². The van der Waals surface area contributed by atoms with E-state index in [9.17, 15) is 10.5 Å². The van der Waals surface area contributed by atoms with Crippen LogP contribution in [0.1, 0.15) is 50.5 Å². The Morgan fingerprint density at radius 1 is 0.875 bits per heavy atom. The molecule has 0 amide bonds. The lowest BCUT2D eigenvalue weighted by atomic mass is 9.98. The summed E-state index contributed by atoms with van der Waals surface area (Å²) < 4.78 is 0. The molecule has 0 N–H and O–H groups in total. The Bertz CT molecular complexity index is 802. The summed E-state index contributed by atoms with van der Waals surface area (Å²) in [5.74, 6) is -0.0301. The van der Waals surface area contributed by atoms with E-state index in [1.54, 1.807) is 0 Å². The predicted molar refractivity (Wildman–Crippen MR) is 127 cm³/mol. The zero-order valence-electron chi connectivity index (χ0n) is 19.2.